The van der Waals surface area contributed by atoms with Gasteiger partial charge in [-0.15, -0.1) is 0 Å². The second-order valence-corrected chi connectivity index (χ2v) is 13.7. The highest BCUT2D eigenvalue weighted by Gasteiger charge is 2.52. The Hall–Kier alpha value is -1.64. The summed E-state index contributed by atoms with van der Waals surface area (Å²) in [6, 6.07) is 3.57. The van der Waals surface area contributed by atoms with E-state index in [9.17, 15) is 4.79 Å². The molecule has 3 rings (SSSR count). The Morgan fingerprint density at radius 1 is 1.12 bits per heavy atom. The Balaban J connectivity index is 2.19. The van der Waals surface area contributed by atoms with E-state index in [1.165, 1.54) is 7.11 Å². The van der Waals surface area contributed by atoms with Gasteiger partial charge in [-0.05, 0) is 33.8 Å². The minimum atomic E-state index is -1.69. The number of esters is 1. The molecule has 0 radical (unpaired) electrons. The molecule has 1 fully saturated rings. The molecule has 26 heavy (non-hydrogen) atoms. The fourth-order valence-electron chi connectivity index (χ4n) is 2.77. The van der Waals surface area contributed by atoms with E-state index < -0.39 is 32.4 Å². The van der Waals surface area contributed by atoms with Crippen molar-refractivity contribution in [2.75, 3.05) is 7.11 Å². The van der Waals surface area contributed by atoms with Gasteiger partial charge in [0.2, 0.25) is 0 Å². The first-order valence-electron chi connectivity index (χ1n) is 8.74. The maximum atomic E-state index is 12.1. The molecule has 140 valence electrons. The van der Waals surface area contributed by atoms with Gasteiger partial charge >= 0.3 is 13.1 Å². The number of aromatic nitrogens is 1. The molecule has 2 aromatic heterocycles. The summed E-state index contributed by atoms with van der Waals surface area (Å²) in [5.41, 5.74) is 1.12. The average Bonchev–Trinajstić information content (AvgIpc) is 3.04. The van der Waals surface area contributed by atoms with Crippen LogP contribution in [0.2, 0.25) is 19.6 Å². The number of pyridine rings is 1. The largest absolute Gasteiger partial charge is 0.498 e. The normalized spacial score (nSPS) is 19.2. The predicted octanol–water partition coefficient (Wildman–Crippen LogP) is 2.46. The van der Waals surface area contributed by atoms with Crippen LogP contribution in [0.1, 0.15) is 38.2 Å². The Morgan fingerprint density at radius 2 is 1.69 bits per heavy atom. The number of nitrogens with zero attached hydrogens (tertiary/aromatic N) is 1. The van der Waals surface area contributed by atoms with Crippen molar-refractivity contribution in [2.45, 2.75) is 58.5 Å². The first-order valence-corrected chi connectivity index (χ1v) is 12.2. The molecular formula is C18H26BNO5Si. The van der Waals surface area contributed by atoms with Gasteiger partial charge in [-0.1, -0.05) is 19.6 Å². The van der Waals surface area contributed by atoms with Gasteiger partial charge in [-0.25, -0.2) is 9.78 Å². The van der Waals surface area contributed by atoms with Gasteiger partial charge in [-0.2, -0.15) is 0 Å². The van der Waals surface area contributed by atoms with Crippen molar-refractivity contribution in [3.63, 3.8) is 0 Å². The lowest BCUT2D eigenvalue weighted by atomic mass is 9.78. The molecule has 1 aliphatic rings. The summed E-state index contributed by atoms with van der Waals surface area (Å²) in [7, 11) is -0.998. The van der Waals surface area contributed by atoms with Gasteiger partial charge in [0.1, 0.15) is 19.3 Å². The van der Waals surface area contributed by atoms with Crippen LogP contribution in [0.3, 0.4) is 0 Å². The minimum Gasteiger partial charge on any atom is -0.465 e. The molecule has 0 saturated carbocycles. The lowest BCUT2D eigenvalue weighted by molar-refractivity contribution is 0.00578. The summed E-state index contributed by atoms with van der Waals surface area (Å²) in [5.74, 6) is -0.500. The van der Waals surface area contributed by atoms with Gasteiger partial charge in [0.05, 0.1) is 23.7 Å². The molecular weight excluding hydrogens is 349 g/mol. The van der Waals surface area contributed by atoms with Crippen molar-refractivity contribution in [3.8, 4) is 0 Å². The number of furan rings is 1. The number of hydrogen-bond acceptors (Lipinski definition) is 6. The third kappa shape index (κ3) is 3.10. The lowest BCUT2D eigenvalue weighted by Crippen LogP contribution is -2.41. The highest BCUT2D eigenvalue weighted by Crippen LogP contribution is 2.37. The number of carbonyl (C=O) groups excluding carboxylic acids is 1. The minimum absolute atomic E-state index is 0.215. The first kappa shape index (κ1) is 19.1. The quantitative estimate of drug-likeness (QED) is 0.606. The topological polar surface area (TPSA) is 70.8 Å². The van der Waals surface area contributed by atoms with Gasteiger partial charge in [0, 0.05) is 11.5 Å². The monoisotopic (exact) mass is 375 g/mol. The fourth-order valence-corrected chi connectivity index (χ4v) is 3.75. The summed E-state index contributed by atoms with van der Waals surface area (Å²) < 4.78 is 23.4. The zero-order valence-corrected chi connectivity index (χ0v) is 17.7. The molecule has 0 N–H and O–H groups in total. The van der Waals surface area contributed by atoms with E-state index in [1.54, 1.807) is 6.07 Å². The van der Waals surface area contributed by atoms with Crippen molar-refractivity contribution in [2.24, 2.45) is 0 Å². The van der Waals surface area contributed by atoms with E-state index in [4.69, 9.17) is 18.5 Å². The number of methoxy groups -OCH3 is 1. The average molecular weight is 375 g/mol. The lowest BCUT2D eigenvalue weighted by Gasteiger charge is -2.32. The molecule has 1 saturated heterocycles. The second-order valence-electron chi connectivity index (χ2n) is 8.75. The van der Waals surface area contributed by atoms with Crippen LogP contribution in [0.25, 0.3) is 11.1 Å². The fraction of sp³-hybridized carbons (Fsp3) is 0.556. The van der Waals surface area contributed by atoms with Gasteiger partial charge in [0.15, 0.2) is 5.58 Å². The van der Waals surface area contributed by atoms with Crippen molar-refractivity contribution < 1.29 is 23.3 Å². The van der Waals surface area contributed by atoms with Crippen LogP contribution < -0.4 is 10.8 Å². The number of fused-ring (bicyclic) bond motifs is 1. The van der Waals surface area contributed by atoms with Crippen LogP contribution in [0.15, 0.2) is 16.5 Å². The summed E-state index contributed by atoms with van der Waals surface area (Å²) in [4.78, 5) is 16.5. The van der Waals surface area contributed by atoms with Crippen LogP contribution in [-0.2, 0) is 14.0 Å². The Morgan fingerprint density at radius 3 is 2.19 bits per heavy atom. The molecule has 6 nitrogen and oxygen atoms in total. The number of ether oxygens (including phenoxy) is 1. The number of carbonyl (C=O) groups is 1. The van der Waals surface area contributed by atoms with Crippen LogP contribution >= 0.6 is 0 Å². The predicted molar refractivity (Wildman–Crippen MR) is 104 cm³/mol. The van der Waals surface area contributed by atoms with Crippen LogP contribution in [0.4, 0.5) is 0 Å². The summed E-state index contributed by atoms with van der Waals surface area (Å²) in [6.45, 7) is 14.5. The van der Waals surface area contributed by atoms with E-state index in [0.717, 1.165) is 5.38 Å². The van der Waals surface area contributed by atoms with E-state index >= 15 is 0 Å². The highest BCUT2D eigenvalue weighted by atomic mass is 28.3. The Labute approximate surface area is 155 Å². The molecule has 0 spiro atoms. The van der Waals surface area contributed by atoms with Crippen LogP contribution in [-0.4, -0.2) is 44.5 Å². The molecule has 0 bridgehead atoms. The molecule has 1 aliphatic heterocycles. The third-order valence-corrected chi connectivity index (χ3v) is 6.87. The molecule has 0 aromatic carbocycles. The molecule has 0 atom stereocenters. The van der Waals surface area contributed by atoms with E-state index in [2.05, 4.69) is 24.6 Å². The number of rotatable bonds is 3. The Bertz CT molecular complexity index is 852. The summed E-state index contributed by atoms with van der Waals surface area (Å²) in [5, 5.41) is 0.916. The zero-order chi connectivity index (χ0) is 19.5. The molecule has 0 amide bonds. The Kier molecular flexibility index (Phi) is 4.37. The maximum Gasteiger partial charge on any atom is 0.498 e. The van der Waals surface area contributed by atoms with Crippen molar-refractivity contribution in [3.05, 3.63) is 17.8 Å². The second kappa shape index (κ2) is 5.94. The van der Waals surface area contributed by atoms with E-state index in [0.29, 0.717) is 16.6 Å². The summed E-state index contributed by atoms with van der Waals surface area (Å²) >= 11 is 0. The van der Waals surface area contributed by atoms with Gasteiger partial charge < -0.3 is 18.5 Å². The summed E-state index contributed by atoms with van der Waals surface area (Å²) in [6.07, 6.45) is 0. The highest BCUT2D eigenvalue weighted by molar-refractivity contribution is 6.88. The molecule has 0 aliphatic carbocycles. The van der Waals surface area contributed by atoms with Crippen LogP contribution in [0.5, 0.6) is 0 Å². The van der Waals surface area contributed by atoms with Gasteiger partial charge in [0.25, 0.3) is 0 Å². The van der Waals surface area contributed by atoms with Crippen molar-refractivity contribution >= 4 is 43.1 Å². The SMILES string of the molecule is COC(=O)c1cc(B2OC(C)(C)C(C)(C)O2)c2oc([Si](C)(C)C)cc2n1. The van der Waals surface area contributed by atoms with E-state index in [1.807, 2.05) is 33.8 Å². The molecule has 8 heteroatoms. The maximum absolute atomic E-state index is 12.1. The molecule has 2 aromatic rings. The van der Waals surface area contributed by atoms with E-state index in [-0.39, 0.29) is 5.69 Å². The third-order valence-electron chi connectivity index (χ3n) is 5.15. The van der Waals surface area contributed by atoms with Crippen molar-refractivity contribution in [1.29, 1.82) is 0 Å². The van der Waals surface area contributed by atoms with Crippen molar-refractivity contribution in [1.82, 2.24) is 4.98 Å². The molecule has 0 unspecified atom stereocenters. The smallest absolute Gasteiger partial charge is 0.465 e. The standard InChI is InChI=1S/C18H26BNO5Si/c1-17(2)18(3,4)25-19(24-17)11-9-13(16(21)22-5)20-12-10-14(23-15(11)12)26(6,7)8/h9-10H,1-8H3. The van der Waals surface area contributed by atoms with Crippen LogP contribution in [0, 0.1) is 0 Å². The molecule has 3 heterocycles. The number of hydrogen-bond donors (Lipinski definition) is 0. The van der Waals surface area contributed by atoms with Gasteiger partial charge in [-0.3, -0.25) is 0 Å². The first-order chi connectivity index (χ1) is 11.9. The zero-order valence-electron chi connectivity index (χ0n) is 16.7.